The van der Waals surface area contributed by atoms with Crippen LogP contribution in [0.2, 0.25) is 0 Å². The molecule has 2 aliphatic rings. The molecule has 1 saturated carbocycles. The maximum Gasteiger partial charge on any atom is 0.251 e. The highest BCUT2D eigenvalue weighted by Crippen LogP contribution is 2.35. The van der Waals surface area contributed by atoms with Crippen molar-refractivity contribution in [2.45, 2.75) is 37.8 Å². The number of nitriles is 1. The molecule has 2 amide bonds. The van der Waals surface area contributed by atoms with Crippen LogP contribution in [0.1, 0.15) is 41.6 Å². The summed E-state index contributed by atoms with van der Waals surface area (Å²) >= 11 is 0. The molecule has 0 radical (unpaired) electrons. The molecule has 1 aliphatic heterocycles. The van der Waals surface area contributed by atoms with Gasteiger partial charge in [0.05, 0.1) is 11.6 Å². The molecule has 0 spiro atoms. The highest BCUT2D eigenvalue weighted by atomic mass is 16.5. The average molecular weight is 341 g/mol. The molecule has 132 valence electrons. The number of hydrogen-bond acceptors (Lipinski definition) is 4. The van der Waals surface area contributed by atoms with Crippen LogP contribution >= 0.6 is 0 Å². The minimum Gasteiger partial charge on any atom is -0.384 e. The van der Waals surface area contributed by atoms with E-state index in [1.165, 1.54) is 0 Å². The van der Waals surface area contributed by atoms with Gasteiger partial charge < -0.3 is 15.4 Å². The molecule has 0 aromatic heterocycles. The molecule has 1 heterocycles. The monoisotopic (exact) mass is 341 g/mol. The lowest BCUT2D eigenvalue weighted by Crippen LogP contribution is -2.56. The first kappa shape index (κ1) is 17.4. The predicted octanol–water partition coefficient (Wildman–Crippen LogP) is 1.61. The van der Waals surface area contributed by atoms with E-state index in [1.54, 1.807) is 31.4 Å². The fourth-order valence-corrected chi connectivity index (χ4v) is 4.07. The summed E-state index contributed by atoms with van der Waals surface area (Å²) in [6, 6.07) is 8.80. The van der Waals surface area contributed by atoms with Crippen LogP contribution in [-0.4, -0.2) is 37.6 Å². The summed E-state index contributed by atoms with van der Waals surface area (Å²) in [5.41, 5.74) is 1.08. The van der Waals surface area contributed by atoms with Crippen LogP contribution in [0.5, 0.6) is 0 Å². The van der Waals surface area contributed by atoms with E-state index < -0.39 is 0 Å². The molecule has 1 aromatic carbocycles. The van der Waals surface area contributed by atoms with Gasteiger partial charge in [-0.3, -0.25) is 9.59 Å². The van der Waals surface area contributed by atoms with Crippen LogP contribution in [0, 0.1) is 23.2 Å². The van der Waals surface area contributed by atoms with Gasteiger partial charge >= 0.3 is 0 Å². The van der Waals surface area contributed by atoms with Crippen molar-refractivity contribution in [2.75, 3.05) is 13.7 Å². The van der Waals surface area contributed by atoms with Crippen LogP contribution in [0.15, 0.2) is 24.3 Å². The summed E-state index contributed by atoms with van der Waals surface area (Å²) in [6.07, 6.45) is 3.15. The van der Waals surface area contributed by atoms with Gasteiger partial charge in [-0.05, 0) is 55.4 Å². The number of nitrogens with one attached hydrogen (secondary N) is 2. The molecular formula is C19H23N3O3. The number of rotatable bonds is 4. The molecule has 0 bridgehead atoms. The van der Waals surface area contributed by atoms with Gasteiger partial charge in [0.15, 0.2) is 0 Å². The molecule has 1 aromatic rings. The second-order valence-corrected chi connectivity index (χ2v) is 6.93. The zero-order valence-electron chi connectivity index (χ0n) is 14.3. The minimum atomic E-state index is -0.136. The van der Waals surface area contributed by atoms with Crippen molar-refractivity contribution in [2.24, 2.45) is 11.8 Å². The number of methoxy groups -OCH3 is 1. The lowest BCUT2D eigenvalue weighted by Gasteiger charge is -2.43. The fourth-order valence-electron chi connectivity index (χ4n) is 4.07. The molecule has 2 fully saturated rings. The molecule has 1 aliphatic carbocycles. The summed E-state index contributed by atoms with van der Waals surface area (Å²) in [5.74, 6) is 0.616. The Balaban J connectivity index is 1.61. The van der Waals surface area contributed by atoms with E-state index in [0.29, 0.717) is 30.1 Å². The second-order valence-electron chi connectivity index (χ2n) is 6.93. The molecule has 1 saturated heterocycles. The second kappa shape index (κ2) is 7.66. The third-order valence-electron chi connectivity index (χ3n) is 5.30. The third-order valence-corrected chi connectivity index (χ3v) is 5.30. The van der Waals surface area contributed by atoms with Crippen LogP contribution in [0.3, 0.4) is 0 Å². The summed E-state index contributed by atoms with van der Waals surface area (Å²) in [7, 11) is 1.67. The largest absolute Gasteiger partial charge is 0.384 e. The molecule has 4 unspecified atom stereocenters. The Morgan fingerprint density at radius 2 is 2.12 bits per heavy atom. The van der Waals surface area contributed by atoms with Crippen LogP contribution in [0.4, 0.5) is 0 Å². The Morgan fingerprint density at radius 3 is 2.80 bits per heavy atom. The SMILES string of the molecule is COCC1CC(=O)NC2CC(NC(=O)c3ccc(C#N)cc3)CCC12. The van der Waals surface area contributed by atoms with Crippen molar-refractivity contribution in [3.05, 3.63) is 35.4 Å². The number of carbonyl (C=O) groups is 2. The zero-order valence-corrected chi connectivity index (χ0v) is 14.3. The summed E-state index contributed by atoms with van der Waals surface area (Å²) in [6.45, 7) is 0.608. The number of fused-ring (bicyclic) bond motifs is 1. The number of hydrogen-bond donors (Lipinski definition) is 2. The molecule has 25 heavy (non-hydrogen) atoms. The van der Waals surface area contributed by atoms with Gasteiger partial charge in [-0.2, -0.15) is 5.26 Å². The Bertz CT molecular complexity index is 680. The number of piperidine rings is 1. The van der Waals surface area contributed by atoms with E-state index >= 15 is 0 Å². The van der Waals surface area contributed by atoms with Crippen molar-refractivity contribution >= 4 is 11.8 Å². The highest BCUT2D eigenvalue weighted by molar-refractivity contribution is 5.94. The first-order chi connectivity index (χ1) is 12.1. The molecule has 6 nitrogen and oxygen atoms in total. The van der Waals surface area contributed by atoms with Gasteiger partial charge in [0.2, 0.25) is 5.91 Å². The molecule has 6 heteroatoms. The van der Waals surface area contributed by atoms with Crippen molar-refractivity contribution in [1.82, 2.24) is 10.6 Å². The predicted molar refractivity (Wildman–Crippen MR) is 91.7 cm³/mol. The number of amides is 2. The lowest BCUT2D eigenvalue weighted by atomic mass is 9.71. The molecule has 3 rings (SSSR count). The fraction of sp³-hybridized carbons (Fsp3) is 0.526. The number of nitrogens with zero attached hydrogens (tertiary/aromatic N) is 1. The van der Waals surface area contributed by atoms with E-state index in [9.17, 15) is 9.59 Å². The molecule has 2 N–H and O–H groups in total. The van der Waals surface area contributed by atoms with Gasteiger partial charge in [0.1, 0.15) is 0 Å². The normalized spacial score (nSPS) is 28.4. The quantitative estimate of drug-likeness (QED) is 0.870. The van der Waals surface area contributed by atoms with Crippen molar-refractivity contribution in [3.63, 3.8) is 0 Å². The first-order valence-corrected chi connectivity index (χ1v) is 8.70. The first-order valence-electron chi connectivity index (χ1n) is 8.70. The topological polar surface area (TPSA) is 91.2 Å². The van der Waals surface area contributed by atoms with Crippen LogP contribution in [-0.2, 0) is 9.53 Å². The molecular weight excluding hydrogens is 318 g/mol. The maximum absolute atomic E-state index is 12.4. The Hall–Kier alpha value is -2.39. The summed E-state index contributed by atoms with van der Waals surface area (Å²) < 4.78 is 5.27. The average Bonchev–Trinajstić information content (AvgIpc) is 2.61. The van der Waals surface area contributed by atoms with Crippen molar-refractivity contribution in [1.29, 1.82) is 5.26 Å². The maximum atomic E-state index is 12.4. The lowest BCUT2D eigenvalue weighted by molar-refractivity contribution is -0.128. The van der Waals surface area contributed by atoms with Crippen LogP contribution < -0.4 is 10.6 Å². The Labute approximate surface area is 147 Å². The number of ether oxygens (including phenoxy) is 1. The van der Waals surface area contributed by atoms with E-state index in [-0.39, 0.29) is 29.8 Å². The smallest absolute Gasteiger partial charge is 0.251 e. The van der Waals surface area contributed by atoms with Gasteiger partial charge in [-0.1, -0.05) is 0 Å². The van der Waals surface area contributed by atoms with Crippen molar-refractivity contribution < 1.29 is 14.3 Å². The van der Waals surface area contributed by atoms with Gasteiger partial charge in [-0.15, -0.1) is 0 Å². The van der Waals surface area contributed by atoms with E-state index in [0.717, 1.165) is 19.3 Å². The highest BCUT2D eigenvalue weighted by Gasteiger charge is 2.40. The van der Waals surface area contributed by atoms with Gasteiger partial charge in [0, 0.05) is 37.8 Å². The zero-order chi connectivity index (χ0) is 17.8. The molecule has 4 atom stereocenters. The van der Waals surface area contributed by atoms with E-state index in [2.05, 4.69) is 10.6 Å². The standard InChI is InChI=1S/C19H23N3O3/c1-25-11-14-8-18(23)22-17-9-15(6-7-16(14)17)21-19(24)13-4-2-12(10-20)3-5-13/h2-5,14-17H,6-9,11H2,1H3,(H,21,24)(H,22,23). The van der Waals surface area contributed by atoms with E-state index in [4.69, 9.17) is 10.00 Å². The number of benzene rings is 1. The summed E-state index contributed by atoms with van der Waals surface area (Å²) in [5, 5.41) is 15.0. The summed E-state index contributed by atoms with van der Waals surface area (Å²) in [4.78, 5) is 24.3. The van der Waals surface area contributed by atoms with Gasteiger partial charge in [0.25, 0.3) is 5.91 Å². The third kappa shape index (κ3) is 3.99. The Kier molecular flexibility index (Phi) is 5.34. The number of carbonyl (C=O) groups excluding carboxylic acids is 2. The van der Waals surface area contributed by atoms with E-state index in [1.807, 2.05) is 6.07 Å². The van der Waals surface area contributed by atoms with Gasteiger partial charge in [-0.25, -0.2) is 0 Å². The minimum absolute atomic E-state index is 0.0472. The Morgan fingerprint density at radius 1 is 1.36 bits per heavy atom. The van der Waals surface area contributed by atoms with Crippen LogP contribution in [0.25, 0.3) is 0 Å². The van der Waals surface area contributed by atoms with Crippen molar-refractivity contribution in [3.8, 4) is 6.07 Å².